The molecule has 1 amide bonds. The highest BCUT2D eigenvalue weighted by Crippen LogP contribution is 2.29. The van der Waals surface area contributed by atoms with E-state index in [1.165, 1.54) is 23.1 Å². The lowest BCUT2D eigenvalue weighted by Gasteiger charge is -2.26. The predicted octanol–water partition coefficient (Wildman–Crippen LogP) is 5.37. The van der Waals surface area contributed by atoms with Gasteiger partial charge in [0.05, 0.1) is 6.10 Å². The molecule has 6 nitrogen and oxygen atoms in total. The zero-order chi connectivity index (χ0) is 26.3. The molecular weight excluding hydrogens is 442 g/mol. The number of amides is 1. The number of hydrogen-bond acceptors (Lipinski definition) is 4. The van der Waals surface area contributed by atoms with E-state index in [0.29, 0.717) is 11.5 Å². The Hall–Kier alpha value is -2.86. The van der Waals surface area contributed by atoms with Crippen molar-refractivity contribution in [3.63, 3.8) is 0 Å². The fourth-order valence-electron chi connectivity index (χ4n) is 4.06. The molecule has 192 valence electrons. The summed E-state index contributed by atoms with van der Waals surface area (Å²) < 4.78 is 5.86. The van der Waals surface area contributed by atoms with Gasteiger partial charge in [-0.15, -0.1) is 0 Å². The van der Waals surface area contributed by atoms with Crippen molar-refractivity contribution < 1.29 is 24.5 Å². The van der Waals surface area contributed by atoms with Crippen LogP contribution in [-0.4, -0.2) is 53.3 Å². The van der Waals surface area contributed by atoms with Crippen LogP contribution in [0, 0.1) is 19.3 Å². The second-order valence-corrected chi connectivity index (χ2v) is 10.6. The van der Waals surface area contributed by atoms with Gasteiger partial charge in [0, 0.05) is 12.6 Å². The Balaban J connectivity index is 2.04. The van der Waals surface area contributed by atoms with Gasteiger partial charge in [-0.3, -0.25) is 9.59 Å². The molecule has 2 unspecified atom stereocenters. The van der Waals surface area contributed by atoms with Crippen molar-refractivity contribution in [1.82, 2.24) is 4.90 Å². The molecule has 0 aliphatic rings. The Kier molecular flexibility index (Phi) is 9.90. The average molecular weight is 484 g/mol. The standard InChI is InChI=1S/C29H41NO5/c1-8-22(23-12-13-24(19(2)16-23)28(34)30(7)17-27(32)33)11-9-21-10-14-25(20(3)15-21)35-18-26(31)29(4,5)6/h10,12-16,22,26,31H,8-9,11,17-18H2,1-7H3,(H,32,33). The summed E-state index contributed by atoms with van der Waals surface area (Å²) in [5.41, 5.74) is 4.66. The molecule has 35 heavy (non-hydrogen) atoms. The Morgan fingerprint density at radius 3 is 2.29 bits per heavy atom. The van der Waals surface area contributed by atoms with E-state index in [1.807, 2.05) is 52.8 Å². The Morgan fingerprint density at radius 2 is 1.74 bits per heavy atom. The number of carboxylic acids is 1. The van der Waals surface area contributed by atoms with Crippen LogP contribution in [0.2, 0.25) is 0 Å². The fourth-order valence-corrected chi connectivity index (χ4v) is 4.06. The van der Waals surface area contributed by atoms with E-state index < -0.39 is 12.1 Å². The van der Waals surface area contributed by atoms with Crippen molar-refractivity contribution in [2.75, 3.05) is 20.2 Å². The number of carboxylic acid groups (broad SMARTS) is 1. The molecule has 0 heterocycles. The molecule has 0 aliphatic heterocycles. The van der Waals surface area contributed by atoms with Gasteiger partial charge < -0.3 is 19.8 Å². The lowest BCUT2D eigenvalue weighted by molar-refractivity contribution is -0.137. The van der Waals surface area contributed by atoms with E-state index in [4.69, 9.17) is 9.84 Å². The van der Waals surface area contributed by atoms with Crippen LogP contribution in [0.3, 0.4) is 0 Å². The van der Waals surface area contributed by atoms with E-state index in [-0.39, 0.29) is 24.5 Å². The number of carbonyl (C=O) groups excluding carboxylic acids is 1. The number of ether oxygens (including phenoxy) is 1. The van der Waals surface area contributed by atoms with Gasteiger partial charge in [-0.2, -0.15) is 0 Å². The molecule has 0 bridgehead atoms. The number of hydrogen-bond donors (Lipinski definition) is 2. The van der Waals surface area contributed by atoms with Crippen molar-refractivity contribution in [2.45, 2.75) is 72.8 Å². The third-order valence-corrected chi connectivity index (χ3v) is 6.58. The summed E-state index contributed by atoms with van der Waals surface area (Å²) in [6, 6.07) is 12.1. The summed E-state index contributed by atoms with van der Waals surface area (Å²) >= 11 is 0. The van der Waals surface area contributed by atoms with Crippen molar-refractivity contribution in [3.8, 4) is 5.75 Å². The van der Waals surface area contributed by atoms with Gasteiger partial charge in [0.2, 0.25) is 0 Å². The largest absolute Gasteiger partial charge is 0.491 e. The first-order valence-electron chi connectivity index (χ1n) is 12.3. The minimum Gasteiger partial charge on any atom is -0.491 e. The molecular formula is C29H41NO5. The number of aryl methyl sites for hydroxylation is 3. The summed E-state index contributed by atoms with van der Waals surface area (Å²) in [7, 11) is 1.50. The summed E-state index contributed by atoms with van der Waals surface area (Å²) in [6.45, 7) is 12.0. The van der Waals surface area contributed by atoms with Gasteiger partial charge in [0.1, 0.15) is 18.9 Å². The van der Waals surface area contributed by atoms with Crippen molar-refractivity contribution in [3.05, 3.63) is 64.2 Å². The molecule has 0 radical (unpaired) electrons. The highest BCUT2D eigenvalue weighted by Gasteiger charge is 2.23. The molecule has 2 N–H and O–H groups in total. The number of carbonyl (C=O) groups is 2. The van der Waals surface area contributed by atoms with Gasteiger partial charge in [-0.05, 0) is 78.8 Å². The smallest absolute Gasteiger partial charge is 0.323 e. The Labute approximate surface area is 209 Å². The molecule has 6 heteroatoms. The fraction of sp³-hybridized carbons (Fsp3) is 0.517. The number of benzene rings is 2. The van der Waals surface area contributed by atoms with Crippen LogP contribution in [0.15, 0.2) is 36.4 Å². The zero-order valence-electron chi connectivity index (χ0n) is 22.2. The Bertz CT molecular complexity index is 1020. The number of nitrogens with zero attached hydrogens (tertiary/aromatic N) is 1. The summed E-state index contributed by atoms with van der Waals surface area (Å²) in [4.78, 5) is 24.7. The molecule has 0 aliphatic carbocycles. The molecule has 0 saturated carbocycles. The first kappa shape index (κ1) is 28.4. The third kappa shape index (κ3) is 8.10. The molecule has 0 spiro atoms. The second-order valence-electron chi connectivity index (χ2n) is 10.6. The van der Waals surface area contributed by atoms with Gasteiger partial charge >= 0.3 is 5.97 Å². The molecule has 0 saturated heterocycles. The number of aliphatic hydroxyl groups excluding tert-OH is 1. The van der Waals surface area contributed by atoms with Gasteiger partial charge in [-0.25, -0.2) is 0 Å². The first-order chi connectivity index (χ1) is 16.3. The van der Waals surface area contributed by atoms with Gasteiger partial charge in [0.15, 0.2) is 0 Å². The molecule has 2 rings (SSSR count). The summed E-state index contributed by atoms with van der Waals surface area (Å²) in [5, 5.41) is 19.2. The normalized spacial score (nSPS) is 13.3. The maximum Gasteiger partial charge on any atom is 0.323 e. The lowest BCUT2D eigenvalue weighted by Crippen LogP contribution is -2.32. The SMILES string of the molecule is CCC(CCc1ccc(OCC(O)C(C)(C)C)c(C)c1)c1ccc(C(=O)N(C)CC(=O)O)c(C)c1. The molecule has 2 aromatic carbocycles. The van der Waals surface area contributed by atoms with E-state index in [9.17, 15) is 14.7 Å². The number of rotatable bonds is 11. The van der Waals surface area contributed by atoms with Crippen LogP contribution in [0.25, 0.3) is 0 Å². The number of likely N-dealkylation sites (N-methyl/N-ethyl adjacent to an activating group) is 1. The van der Waals surface area contributed by atoms with Crippen molar-refractivity contribution in [2.24, 2.45) is 5.41 Å². The van der Waals surface area contributed by atoms with Crippen LogP contribution >= 0.6 is 0 Å². The van der Waals surface area contributed by atoms with E-state index in [0.717, 1.165) is 36.1 Å². The maximum absolute atomic E-state index is 12.6. The molecule has 0 aromatic heterocycles. The predicted molar refractivity (Wildman–Crippen MR) is 139 cm³/mol. The highest BCUT2D eigenvalue weighted by molar-refractivity contribution is 5.97. The topological polar surface area (TPSA) is 87.1 Å². The monoisotopic (exact) mass is 483 g/mol. The summed E-state index contributed by atoms with van der Waals surface area (Å²) in [6.07, 6.45) is 2.35. The average Bonchev–Trinajstić information content (AvgIpc) is 2.77. The van der Waals surface area contributed by atoms with Crippen LogP contribution in [-0.2, 0) is 11.2 Å². The molecule has 2 atom stereocenters. The van der Waals surface area contributed by atoms with E-state index in [1.54, 1.807) is 0 Å². The summed E-state index contributed by atoms with van der Waals surface area (Å²) in [5.74, 6) is -0.156. The highest BCUT2D eigenvalue weighted by atomic mass is 16.5. The third-order valence-electron chi connectivity index (χ3n) is 6.58. The van der Waals surface area contributed by atoms with Crippen LogP contribution in [0.5, 0.6) is 5.75 Å². The van der Waals surface area contributed by atoms with Crippen molar-refractivity contribution in [1.29, 1.82) is 0 Å². The zero-order valence-corrected chi connectivity index (χ0v) is 22.2. The van der Waals surface area contributed by atoms with Gasteiger partial charge in [-0.1, -0.05) is 52.0 Å². The van der Waals surface area contributed by atoms with Crippen molar-refractivity contribution >= 4 is 11.9 Å². The van der Waals surface area contributed by atoms with Crippen LogP contribution in [0.1, 0.15) is 79.1 Å². The first-order valence-corrected chi connectivity index (χ1v) is 12.3. The van der Waals surface area contributed by atoms with Gasteiger partial charge in [0.25, 0.3) is 5.91 Å². The minimum absolute atomic E-state index is 0.221. The van der Waals surface area contributed by atoms with Crippen LogP contribution in [0.4, 0.5) is 0 Å². The number of aliphatic carboxylic acids is 1. The quantitative estimate of drug-likeness (QED) is 0.449. The lowest BCUT2D eigenvalue weighted by atomic mass is 9.88. The second kappa shape index (κ2) is 12.2. The minimum atomic E-state index is -1.03. The Morgan fingerprint density at radius 1 is 1.06 bits per heavy atom. The van der Waals surface area contributed by atoms with Crippen LogP contribution < -0.4 is 4.74 Å². The maximum atomic E-state index is 12.6. The van der Waals surface area contributed by atoms with E-state index in [2.05, 4.69) is 25.1 Å². The van der Waals surface area contributed by atoms with E-state index >= 15 is 0 Å². The molecule has 0 fully saturated rings. The molecule has 2 aromatic rings. The number of aliphatic hydroxyl groups is 1.